The predicted molar refractivity (Wildman–Crippen MR) is 121 cm³/mol. The third-order valence-corrected chi connectivity index (χ3v) is 5.65. The van der Waals surface area contributed by atoms with Crippen LogP contribution in [0.4, 0.5) is 0 Å². The van der Waals surface area contributed by atoms with Gasteiger partial charge in [-0.15, -0.1) is 0 Å². The Balaban J connectivity index is 2.97. The predicted octanol–water partition coefficient (Wildman–Crippen LogP) is 4.57. The van der Waals surface area contributed by atoms with Crippen molar-refractivity contribution >= 4 is 11.9 Å². The van der Waals surface area contributed by atoms with Gasteiger partial charge in [0, 0.05) is 11.4 Å². The number of allylic oxidation sites excluding steroid dienone is 2. The summed E-state index contributed by atoms with van der Waals surface area (Å²) in [6.45, 7) is 15.7. The molecular formula is C25H35NO5. The Labute approximate surface area is 185 Å². The number of aromatic hydroxyl groups is 1. The number of hydrogen-bond donors (Lipinski definition) is 2. The number of ether oxygens (including phenoxy) is 2. The third-order valence-electron chi connectivity index (χ3n) is 5.65. The third kappa shape index (κ3) is 4.63. The summed E-state index contributed by atoms with van der Waals surface area (Å²) in [5.41, 5.74) is 3.43. The minimum absolute atomic E-state index is 0.235. The van der Waals surface area contributed by atoms with Crippen LogP contribution in [-0.4, -0.2) is 31.3 Å². The zero-order valence-corrected chi connectivity index (χ0v) is 20.3. The van der Waals surface area contributed by atoms with E-state index in [1.165, 1.54) is 14.2 Å². The lowest BCUT2D eigenvalue weighted by molar-refractivity contribution is -0.137. The Bertz CT molecular complexity index is 898. The van der Waals surface area contributed by atoms with E-state index in [1.54, 1.807) is 13.8 Å². The second-order valence-electron chi connectivity index (χ2n) is 10.1. The van der Waals surface area contributed by atoms with E-state index in [9.17, 15) is 14.7 Å². The zero-order valence-electron chi connectivity index (χ0n) is 20.3. The highest BCUT2D eigenvalue weighted by Gasteiger charge is 2.39. The van der Waals surface area contributed by atoms with Crippen molar-refractivity contribution in [1.29, 1.82) is 0 Å². The first-order valence-corrected chi connectivity index (χ1v) is 10.4. The molecule has 0 aliphatic carbocycles. The fourth-order valence-electron chi connectivity index (χ4n) is 4.06. The van der Waals surface area contributed by atoms with Crippen LogP contribution in [-0.2, 0) is 29.9 Å². The molecule has 6 nitrogen and oxygen atoms in total. The highest BCUT2D eigenvalue weighted by molar-refractivity contribution is 5.99. The molecule has 1 aliphatic heterocycles. The molecular weight excluding hydrogens is 394 g/mol. The van der Waals surface area contributed by atoms with E-state index in [1.807, 2.05) is 53.7 Å². The average Bonchev–Trinajstić information content (AvgIpc) is 2.64. The van der Waals surface area contributed by atoms with Gasteiger partial charge >= 0.3 is 11.9 Å². The number of methoxy groups -OCH3 is 2. The van der Waals surface area contributed by atoms with Gasteiger partial charge in [-0.2, -0.15) is 0 Å². The number of benzene rings is 1. The average molecular weight is 430 g/mol. The van der Waals surface area contributed by atoms with Crippen molar-refractivity contribution in [2.45, 2.75) is 72.1 Å². The van der Waals surface area contributed by atoms with E-state index in [-0.39, 0.29) is 16.6 Å². The summed E-state index contributed by atoms with van der Waals surface area (Å²) in [6, 6.07) is 3.76. The molecule has 1 heterocycles. The molecule has 1 aromatic carbocycles. The highest BCUT2D eigenvalue weighted by atomic mass is 16.5. The van der Waals surface area contributed by atoms with Crippen LogP contribution in [0, 0.1) is 0 Å². The molecule has 170 valence electrons. The molecule has 0 amide bonds. The summed E-state index contributed by atoms with van der Waals surface area (Å²) >= 11 is 0. The fourth-order valence-corrected chi connectivity index (χ4v) is 4.06. The summed E-state index contributed by atoms with van der Waals surface area (Å²) in [4.78, 5) is 25.6. The monoisotopic (exact) mass is 429 g/mol. The van der Waals surface area contributed by atoms with E-state index < -0.39 is 17.9 Å². The van der Waals surface area contributed by atoms with E-state index in [4.69, 9.17) is 9.47 Å². The summed E-state index contributed by atoms with van der Waals surface area (Å²) in [5.74, 6) is -1.50. The Morgan fingerprint density at radius 3 is 1.48 bits per heavy atom. The number of nitrogens with one attached hydrogen (secondary N) is 1. The number of phenols is 1. The molecule has 31 heavy (non-hydrogen) atoms. The SMILES string of the molecule is COC(=O)C1=C(C)NC(C)=C(C(=O)OC)C1c1cc(C(C)(C)C)c(O)c(C(C)(C)C)c1. The first kappa shape index (κ1) is 24.5. The number of hydrogen-bond acceptors (Lipinski definition) is 6. The minimum Gasteiger partial charge on any atom is -0.507 e. The van der Waals surface area contributed by atoms with Gasteiger partial charge in [-0.25, -0.2) is 9.59 Å². The molecule has 0 radical (unpaired) electrons. The number of dihydropyridines is 1. The molecule has 0 atom stereocenters. The number of carbonyl (C=O) groups excluding carboxylic acids is 2. The molecule has 0 fully saturated rings. The molecule has 0 bridgehead atoms. The Hall–Kier alpha value is -2.76. The van der Waals surface area contributed by atoms with Crippen molar-refractivity contribution in [2.24, 2.45) is 0 Å². The normalized spacial score (nSPS) is 15.7. The topological polar surface area (TPSA) is 84.9 Å². The molecule has 0 aromatic heterocycles. The molecule has 2 N–H and O–H groups in total. The quantitative estimate of drug-likeness (QED) is 0.685. The van der Waals surface area contributed by atoms with Crippen LogP contribution in [0.1, 0.15) is 78.0 Å². The minimum atomic E-state index is -0.691. The van der Waals surface area contributed by atoms with Crippen molar-refractivity contribution in [2.75, 3.05) is 14.2 Å². The maximum Gasteiger partial charge on any atom is 0.336 e. The fraction of sp³-hybridized carbons (Fsp3) is 0.520. The van der Waals surface area contributed by atoms with Crippen LogP contribution < -0.4 is 5.32 Å². The molecule has 2 rings (SSSR count). The van der Waals surface area contributed by atoms with Crippen molar-refractivity contribution in [3.05, 3.63) is 51.4 Å². The molecule has 1 aliphatic rings. The van der Waals surface area contributed by atoms with Gasteiger partial charge in [-0.3, -0.25) is 0 Å². The zero-order chi connectivity index (χ0) is 23.9. The summed E-state index contributed by atoms with van der Waals surface area (Å²) in [6.07, 6.45) is 0. The molecule has 0 spiro atoms. The van der Waals surface area contributed by atoms with Crippen LogP contribution in [0.25, 0.3) is 0 Å². The van der Waals surface area contributed by atoms with Gasteiger partial charge in [0.2, 0.25) is 0 Å². The number of carbonyl (C=O) groups is 2. The van der Waals surface area contributed by atoms with Crippen molar-refractivity contribution in [3.8, 4) is 5.75 Å². The largest absolute Gasteiger partial charge is 0.507 e. The van der Waals surface area contributed by atoms with Gasteiger partial charge < -0.3 is 19.9 Å². The lowest BCUT2D eigenvalue weighted by Gasteiger charge is -2.33. The van der Waals surface area contributed by atoms with Gasteiger partial charge in [0.05, 0.1) is 31.3 Å². The number of rotatable bonds is 3. The van der Waals surface area contributed by atoms with Crippen LogP contribution in [0.3, 0.4) is 0 Å². The van der Waals surface area contributed by atoms with Gasteiger partial charge in [-0.05, 0) is 41.4 Å². The second kappa shape index (κ2) is 8.40. The smallest absolute Gasteiger partial charge is 0.336 e. The standard InChI is InChI=1S/C25H35NO5/c1-13-18(22(28)30-9)20(19(14(2)26-13)23(29)31-10)15-11-16(24(3,4)5)21(27)17(12-15)25(6,7)8/h11-12,20,26-27H,1-10H3. The second-order valence-corrected chi connectivity index (χ2v) is 10.1. The molecule has 0 saturated heterocycles. The van der Waals surface area contributed by atoms with Crippen molar-refractivity contribution < 1.29 is 24.2 Å². The van der Waals surface area contributed by atoms with E-state index in [0.717, 1.165) is 16.7 Å². The number of esters is 2. The first-order valence-electron chi connectivity index (χ1n) is 10.4. The van der Waals surface area contributed by atoms with Crippen LogP contribution in [0.2, 0.25) is 0 Å². The lowest BCUT2D eigenvalue weighted by atomic mass is 9.73. The van der Waals surface area contributed by atoms with Gasteiger partial charge in [0.25, 0.3) is 0 Å². The molecule has 1 aromatic rings. The Kier molecular flexibility index (Phi) is 6.64. The molecule has 0 saturated carbocycles. The number of phenolic OH excluding ortho intramolecular Hbond substituents is 1. The van der Waals surface area contributed by atoms with Crippen LogP contribution >= 0.6 is 0 Å². The molecule has 6 heteroatoms. The van der Waals surface area contributed by atoms with Crippen LogP contribution in [0.5, 0.6) is 5.75 Å². The summed E-state index contributed by atoms with van der Waals surface area (Å²) < 4.78 is 10.1. The van der Waals surface area contributed by atoms with Gasteiger partial charge in [-0.1, -0.05) is 53.7 Å². The van der Waals surface area contributed by atoms with Gasteiger partial charge in [0.1, 0.15) is 5.75 Å². The highest BCUT2D eigenvalue weighted by Crippen LogP contribution is 2.45. The first-order chi connectivity index (χ1) is 14.1. The van der Waals surface area contributed by atoms with E-state index in [0.29, 0.717) is 22.5 Å². The van der Waals surface area contributed by atoms with Crippen molar-refractivity contribution in [3.63, 3.8) is 0 Å². The van der Waals surface area contributed by atoms with Gasteiger partial charge in [0.15, 0.2) is 0 Å². The maximum atomic E-state index is 12.8. The van der Waals surface area contributed by atoms with E-state index >= 15 is 0 Å². The van der Waals surface area contributed by atoms with Crippen molar-refractivity contribution in [1.82, 2.24) is 5.32 Å². The Morgan fingerprint density at radius 2 is 1.19 bits per heavy atom. The lowest BCUT2D eigenvalue weighted by Crippen LogP contribution is -2.32. The van der Waals surface area contributed by atoms with E-state index in [2.05, 4.69) is 5.32 Å². The summed E-state index contributed by atoms with van der Waals surface area (Å²) in [7, 11) is 2.64. The maximum absolute atomic E-state index is 12.8. The van der Waals surface area contributed by atoms with Crippen LogP contribution in [0.15, 0.2) is 34.7 Å². The Morgan fingerprint density at radius 1 is 0.839 bits per heavy atom. The molecule has 0 unspecified atom stereocenters. The summed E-state index contributed by atoms with van der Waals surface area (Å²) in [5, 5.41) is 14.2.